The van der Waals surface area contributed by atoms with E-state index in [1.807, 2.05) is 4.90 Å². The molecule has 0 unspecified atom stereocenters. The van der Waals surface area contributed by atoms with Crippen LogP contribution in [0.3, 0.4) is 0 Å². The van der Waals surface area contributed by atoms with Crippen molar-refractivity contribution in [3.05, 3.63) is 33.9 Å². The highest BCUT2D eigenvalue weighted by Crippen LogP contribution is 2.30. The lowest BCUT2D eigenvalue weighted by Gasteiger charge is -2.35. The Labute approximate surface area is 145 Å². The number of nitro benzene ring substituents is 1. The van der Waals surface area contributed by atoms with Crippen molar-refractivity contribution in [1.82, 2.24) is 10.2 Å². The first-order valence-corrected chi connectivity index (χ1v) is 8.13. The van der Waals surface area contributed by atoms with Crippen LogP contribution < -0.4 is 16.0 Å². The van der Waals surface area contributed by atoms with Crippen LogP contribution in [-0.4, -0.2) is 60.4 Å². The third-order valence-corrected chi connectivity index (χ3v) is 4.23. The van der Waals surface area contributed by atoms with Gasteiger partial charge in [0.1, 0.15) is 5.69 Å². The number of anilines is 1. The molecule has 1 aromatic rings. The summed E-state index contributed by atoms with van der Waals surface area (Å²) in [5.41, 5.74) is 6.03. The molecule has 2 amide bonds. The maximum Gasteiger partial charge on any atom is 0.293 e. The molecule has 0 bridgehead atoms. The van der Waals surface area contributed by atoms with E-state index in [0.29, 0.717) is 31.9 Å². The average Bonchev–Trinajstić information content (AvgIpc) is 2.61. The maximum atomic E-state index is 12.1. The number of benzene rings is 1. The number of hydrogen-bond acceptors (Lipinski definition) is 6. The van der Waals surface area contributed by atoms with Gasteiger partial charge in [-0.1, -0.05) is 0 Å². The van der Waals surface area contributed by atoms with Crippen LogP contribution in [0.4, 0.5) is 11.4 Å². The van der Waals surface area contributed by atoms with Gasteiger partial charge in [0.05, 0.1) is 4.92 Å². The van der Waals surface area contributed by atoms with Crippen LogP contribution in [0.1, 0.15) is 24.2 Å². The van der Waals surface area contributed by atoms with Gasteiger partial charge in [-0.2, -0.15) is 0 Å². The molecule has 9 heteroatoms. The number of nitrogens with two attached hydrogens (primary N) is 1. The fourth-order valence-electron chi connectivity index (χ4n) is 2.71. The largest absolute Gasteiger partial charge is 0.362 e. The van der Waals surface area contributed by atoms with Crippen LogP contribution in [0.5, 0.6) is 0 Å². The summed E-state index contributed by atoms with van der Waals surface area (Å²) >= 11 is 0. The van der Waals surface area contributed by atoms with Crippen molar-refractivity contribution in [2.75, 3.05) is 37.6 Å². The summed E-state index contributed by atoms with van der Waals surface area (Å²) in [6, 6.07) is 4.22. The lowest BCUT2D eigenvalue weighted by molar-refractivity contribution is -0.384. The number of nitro groups is 1. The third kappa shape index (κ3) is 4.44. The van der Waals surface area contributed by atoms with E-state index >= 15 is 0 Å². The second-order valence-electron chi connectivity index (χ2n) is 6.06. The maximum absolute atomic E-state index is 12.1. The first-order valence-electron chi connectivity index (χ1n) is 8.13. The molecule has 0 aromatic heterocycles. The highest BCUT2D eigenvalue weighted by Gasteiger charge is 2.26. The molecule has 3 N–H and O–H groups in total. The van der Waals surface area contributed by atoms with Gasteiger partial charge < -0.3 is 20.9 Å². The minimum Gasteiger partial charge on any atom is -0.362 e. The summed E-state index contributed by atoms with van der Waals surface area (Å²) in [5.74, 6) is -0.399. The van der Waals surface area contributed by atoms with Crippen LogP contribution in [0.25, 0.3) is 0 Å². The fourth-order valence-corrected chi connectivity index (χ4v) is 2.71. The van der Waals surface area contributed by atoms with E-state index in [9.17, 15) is 19.7 Å². The molecule has 9 nitrogen and oxygen atoms in total. The van der Waals surface area contributed by atoms with Crippen LogP contribution in [0.15, 0.2) is 18.2 Å². The van der Waals surface area contributed by atoms with E-state index < -0.39 is 10.8 Å². The Balaban J connectivity index is 2.21. The molecule has 1 atom stereocenters. The monoisotopic (exact) mass is 349 g/mol. The Morgan fingerprint density at radius 2 is 1.96 bits per heavy atom. The van der Waals surface area contributed by atoms with Gasteiger partial charge in [-0.25, -0.2) is 0 Å². The molecule has 25 heavy (non-hydrogen) atoms. The average molecular weight is 349 g/mol. The minimum absolute atomic E-state index is 0.00445. The zero-order valence-electron chi connectivity index (χ0n) is 14.4. The van der Waals surface area contributed by atoms with Crippen LogP contribution in [0.2, 0.25) is 0 Å². The lowest BCUT2D eigenvalue weighted by Crippen LogP contribution is -2.48. The fraction of sp³-hybridized carbons (Fsp3) is 0.500. The van der Waals surface area contributed by atoms with Gasteiger partial charge in [0.25, 0.3) is 11.6 Å². The number of carbonyl (C=O) groups is 2. The van der Waals surface area contributed by atoms with Crippen LogP contribution in [-0.2, 0) is 4.79 Å². The van der Waals surface area contributed by atoms with E-state index in [1.54, 1.807) is 24.0 Å². The van der Waals surface area contributed by atoms with E-state index in [4.69, 9.17) is 5.73 Å². The second-order valence-corrected chi connectivity index (χ2v) is 6.06. The van der Waals surface area contributed by atoms with Crippen molar-refractivity contribution in [1.29, 1.82) is 0 Å². The van der Waals surface area contributed by atoms with Gasteiger partial charge in [0.2, 0.25) is 5.91 Å². The van der Waals surface area contributed by atoms with Gasteiger partial charge in [0, 0.05) is 57.3 Å². The predicted molar refractivity (Wildman–Crippen MR) is 93.5 cm³/mol. The van der Waals surface area contributed by atoms with Gasteiger partial charge in [-0.3, -0.25) is 19.7 Å². The predicted octanol–water partition coefficient (Wildman–Crippen LogP) is 0.340. The Bertz CT molecular complexity index is 670. The smallest absolute Gasteiger partial charge is 0.293 e. The highest BCUT2D eigenvalue weighted by atomic mass is 16.6. The molecule has 1 aliphatic heterocycles. The molecule has 2 rings (SSSR count). The first kappa shape index (κ1) is 18.7. The number of rotatable bonds is 5. The molecule has 0 spiro atoms. The zero-order valence-corrected chi connectivity index (χ0v) is 14.4. The Morgan fingerprint density at radius 1 is 1.32 bits per heavy atom. The van der Waals surface area contributed by atoms with Gasteiger partial charge in [-0.15, -0.1) is 0 Å². The molecule has 1 fully saturated rings. The molecule has 0 saturated carbocycles. The summed E-state index contributed by atoms with van der Waals surface area (Å²) in [4.78, 5) is 38.1. The normalized spacial score (nSPS) is 15.6. The molecule has 1 saturated heterocycles. The van der Waals surface area contributed by atoms with E-state index in [0.717, 1.165) is 0 Å². The third-order valence-electron chi connectivity index (χ3n) is 4.23. The zero-order chi connectivity index (χ0) is 18.6. The van der Waals surface area contributed by atoms with Gasteiger partial charge >= 0.3 is 0 Å². The second kappa shape index (κ2) is 7.93. The van der Waals surface area contributed by atoms with Crippen molar-refractivity contribution in [3.63, 3.8) is 0 Å². The molecule has 1 heterocycles. The molecule has 1 aliphatic rings. The molecular formula is C16H23N5O4. The standard InChI is InChI=1S/C16H23N5O4/c1-11(10-17)18-16(23)13-3-4-14(15(9-13)21(24)25)20-7-5-19(6-8-20)12(2)22/h3-4,9,11H,5-8,10,17H2,1-2H3,(H,18,23)/t11-/m0/s1. The number of hydrogen-bond donors (Lipinski definition) is 2. The molecule has 0 aliphatic carbocycles. The van der Waals surface area contributed by atoms with Crippen molar-refractivity contribution in [2.45, 2.75) is 19.9 Å². The van der Waals surface area contributed by atoms with Crippen molar-refractivity contribution < 1.29 is 14.5 Å². The summed E-state index contributed by atoms with van der Waals surface area (Å²) in [6.45, 7) is 5.60. The quantitative estimate of drug-likeness (QED) is 0.584. The number of piperazine rings is 1. The van der Waals surface area contributed by atoms with E-state index in [2.05, 4.69) is 5.32 Å². The van der Waals surface area contributed by atoms with Gasteiger partial charge in [-0.05, 0) is 19.1 Å². The summed E-state index contributed by atoms with van der Waals surface area (Å²) in [6.07, 6.45) is 0. The van der Waals surface area contributed by atoms with E-state index in [-0.39, 0.29) is 29.7 Å². The summed E-state index contributed by atoms with van der Waals surface area (Å²) < 4.78 is 0. The Kier molecular flexibility index (Phi) is 5.92. The number of carbonyl (C=O) groups excluding carboxylic acids is 2. The first-order chi connectivity index (χ1) is 11.8. The summed E-state index contributed by atoms with van der Waals surface area (Å²) in [5, 5.41) is 14.1. The van der Waals surface area contributed by atoms with Crippen molar-refractivity contribution >= 4 is 23.2 Å². The molecular weight excluding hydrogens is 326 g/mol. The SMILES string of the molecule is CC(=O)N1CCN(c2ccc(C(=O)N[C@@H](C)CN)cc2[N+](=O)[O-])CC1. The molecule has 1 aromatic carbocycles. The lowest BCUT2D eigenvalue weighted by atomic mass is 10.1. The number of amides is 2. The molecule has 0 radical (unpaired) electrons. The Hall–Kier alpha value is -2.68. The minimum atomic E-state index is -0.490. The van der Waals surface area contributed by atoms with E-state index in [1.165, 1.54) is 13.0 Å². The number of nitrogens with one attached hydrogen (secondary N) is 1. The van der Waals surface area contributed by atoms with Crippen molar-refractivity contribution in [2.24, 2.45) is 5.73 Å². The summed E-state index contributed by atoms with van der Waals surface area (Å²) in [7, 11) is 0. The Morgan fingerprint density at radius 3 is 2.48 bits per heavy atom. The van der Waals surface area contributed by atoms with Crippen LogP contribution >= 0.6 is 0 Å². The highest BCUT2D eigenvalue weighted by molar-refractivity contribution is 5.96. The van der Waals surface area contributed by atoms with Gasteiger partial charge in [0.15, 0.2) is 0 Å². The van der Waals surface area contributed by atoms with Crippen molar-refractivity contribution in [3.8, 4) is 0 Å². The van der Waals surface area contributed by atoms with Crippen LogP contribution in [0, 0.1) is 10.1 Å². The number of nitrogens with zero attached hydrogens (tertiary/aromatic N) is 3. The topological polar surface area (TPSA) is 122 Å². The molecule has 136 valence electrons.